The third-order valence-corrected chi connectivity index (χ3v) is 10.7. The molecule has 236 valence electrons. The van der Waals surface area contributed by atoms with Gasteiger partial charge < -0.3 is 21.1 Å². The fraction of sp³-hybridized carbons (Fsp3) is 0.900. The molecule has 8 atom stereocenters. The van der Waals surface area contributed by atoms with E-state index in [1.165, 1.54) is 0 Å². The number of halogens is 2. The van der Waals surface area contributed by atoms with Gasteiger partial charge in [0.25, 0.3) is 0 Å². The van der Waals surface area contributed by atoms with Gasteiger partial charge in [-0.2, -0.15) is 0 Å². The normalized spacial score (nSPS) is 37.5. The first-order valence-electron chi connectivity index (χ1n) is 15.8. The van der Waals surface area contributed by atoms with Crippen LogP contribution in [0.1, 0.15) is 53.4 Å². The van der Waals surface area contributed by atoms with Gasteiger partial charge >= 0.3 is 0 Å². The standard InChI is InChI=1S/C30H55F2N7O2/c1-6-30(4,7-2)25-9-8-21(31)18-37(5)20(3)26(28(33)36-25)29(40)35-24-17-34-16-23(32)27(24)39-13-11-38(12-14-39)22-10-15-41-19-22/h8,20,22-28,34,36H,6-7,9-19,33H2,1-5H3,(H,35,40). The van der Waals surface area contributed by atoms with Crippen molar-refractivity contribution in [3.63, 3.8) is 0 Å². The van der Waals surface area contributed by atoms with Crippen molar-refractivity contribution in [2.24, 2.45) is 17.1 Å². The Balaban J connectivity index is 1.50. The first-order valence-corrected chi connectivity index (χ1v) is 15.8. The number of carbonyl (C=O) groups is 1. The lowest BCUT2D eigenvalue weighted by atomic mass is 9.75. The second-order valence-electron chi connectivity index (χ2n) is 13.0. The molecule has 4 aliphatic rings. The smallest absolute Gasteiger partial charge is 0.227 e. The molecule has 8 unspecified atom stereocenters. The highest BCUT2D eigenvalue weighted by Crippen LogP contribution is 2.33. The molecule has 0 bridgehead atoms. The van der Waals surface area contributed by atoms with Gasteiger partial charge in [-0.05, 0) is 51.1 Å². The van der Waals surface area contributed by atoms with Crippen molar-refractivity contribution in [2.45, 2.75) is 95.9 Å². The van der Waals surface area contributed by atoms with Crippen LogP contribution in [0.4, 0.5) is 8.78 Å². The third kappa shape index (κ3) is 7.66. The van der Waals surface area contributed by atoms with Gasteiger partial charge in [-0.1, -0.05) is 20.8 Å². The van der Waals surface area contributed by atoms with Gasteiger partial charge in [-0.15, -0.1) is 0 Å². The molecule has 41 heavy (non-hydrogen) atoms. The predicted molar refractivity (Wildman–Crippen MR) is 159 cm³/mol. The summed E-state index contributed by atoms with van der Waals surface area (Å²) in [6, 6.07) is -0.761. The average molecular weight is 584 g/mol. The molecular formula is C30H55F2N7O2. The summed E-state index contributed by atoms with van der Waals surface area (Å²) in [5.74, 6) is -1.06. The van der Waals surface area contributed by atoms with E-state index in [9.17, 15) is 9.18 Å². The number of nitrogens with zero attached hydrogens (tertiary/aromatic N) is 3. The van der Waals surface area contributed by atoms with Crippen LogP contribution in [-0.4, -0.2) is 129 Å². The van der Waals surface area contributed by atoms with Crippen molar-refractivity contribution < 1.29 is 18.3 Å². The van der Waals surface area contributed by atoms with Crippen molar-refractivity contribution in [1.29, 1.82) is 0 Å². The number of carbonyl (C=O) groups excluding carboxylic acids is 1. The maximum atomic E-state index is 15.5. The molecule has 4 rings (SSSR count). The molecule has 5 N–H and O–H groups in total. The number of hydrogen-bond acceptors (Lipinski definition) is 8. The van der Waals surface area contributed by atoms with Crippen LogP contribution in [0.15, 0.2) is 11.9 Å². The minimum absolute atomic E-state index is 0.0787. The summed E-state index contributed by atoms with van der Waals surface area (Å²) in [5, 5.41) is 9.94. The Kier molecular flexibility index (Phi) is 11.6. The summed E-state index contributed by atoms with van der Waals surface area (Å²) in [4.78, 5) is 20.6. The number of hydrogen-bond donors (Lipinski definition) is 4. The lowest BCUT2D eigenvalue weighted by Gasteiger charge is -2.47. The Morgan fingerprint density at radius 1 is 1.20 bits per heavy atom. The second-order valence-corrected chi connectivity index (χ2v) is 13.0. The fourth-order valence-corrected chi connectivity index (χ4v) is 7.26. The number of likely N-dealkylation sites (N-methyl/N-ethyl adjacent to an activating group) is 1. The van der Waals surface area contributed by atoms with Crippen LogP contribution in [0.5, 0.6) is 0 Å². The molecule has 1 amide bonds. The number of piperidine rings is 1. The van der Waals surface area contributed by atoms with Crippen LogP contribution in [0.25, 0.3) is 0 Å². The molecule has 0 saturated carbocycles. The summed E-state index contributed by atoms with van der Waals surface area (Å²) in [5.41, 5.74) is 6.71. The number of nitrogens with one attached hydrogen (secondary N) is 3. The van der Waals surface area contributed by atoms with Gasteiger partial charge in [0.2, 0.25) is 5.91 Å². The van der Waals surface area contributed by atoms with Gasteiger partial charge in [0.05, 0.1) is 30.8 Å². The highest BCUT2D eigenvalue weighted by atomic mass is 19.1. The maximum Gasteiger partial charge on any atom is 0.227 e. The van der Waals surface area contributed by atoms with E-state index < -0.39 is 30.3 Å². The van der Waals surface area contributed by atoms with Crippen LogP contribution in [-0.2, 0) is 9.53 Å². The fourth-order valence-electron chi connectivity index (χ4n) is 7.26. The Morgan fingerprint density at radius 2 is 1.88 bits per heavy atom. The zero-order valence-corrected chi connectivity index (χ0v) is 25.9. The van der Waals surface area contributed by atoms with E-state index in [1.807, 2.05) is 18.9 Å². The lowest BCUT2D eigenvalue weighted by Crippen LogP contribution is -2.69. The van der Waals surface area contributed by atoms with Crippen molar-refractivity contribution >= 4 is 5.91 Å². The number of ether oxygens (including phenoxy) is 1. The zero-order chi connectivity index (χ0) is 29.7. The minimum atomic E-state index is -1.09. The number of alkyl halides is 1. The van der Waals surface area contributed by atoms with Gasteiger partial charge in [0.1, 0.15) is 12.0 Å². The molecule has 9 nitrogen and oxygen atoms in total. The quantitative estimate of drug-likeness (QED) is 0.358. The SMILES string of the molecule is CCC(C)(CC)C1CC=C(F)CN(C)C(C)C(C(=O)NC2CNCC(F)C2N2CCN(C3CCOC3)CC2)C(N)N1. The predicted octanol–water partition coefficient (Wildman–Crippen LogP) is 1.45. The van der Waals surface area contributed by atoms with Crippen molar-refractivity contribution in [3.05, 3.63) is 11.9 Å². The molecule has 11 heteroatoms. The molecule has 4 aliphatic heterocycles. The van der Waals surface area contributed by atoms with Gasteiger partial charge in [0.15, 0.2) is 0 Å². The van der Waals surface area contributed by atoms with Crippen molar-refractivity contribution in [2.75, 3.05) is 66.1 Å². The van der Waals surface area contributed by atoms with Crippen LogP contribution < -0.4 is 21.7 Å². The Bertz CT molecular complexity index is 877. The Hall–Kier alpha value is -1.21. The van der Waals surface area contributed by atoms with Crippen LogP contribution in [0.3, 0.4) is 0 Å². The molecule has 0 aliphatic carbocycles. The minimum Gasteiger partial charge on any atom is -0.380 e. The summed E-state index contributed by atoms with van der Waals surface area (Å²) in [7, 11) is 1.82. The first kappa shape index (κ1) is 32.7. The average Bonchev–Trinajstić information content (AvgIpc) is 3.50. The Morgan fingerprint density at radius 3 is 2.51 bits per heavy atom. The molecule has 4 heterocycles. The topological polar surface area (TPSA) is 98.1 Å². The molecule has 0 aromatic rings. The third-order valence-electron chi connectivity index (χ3n) is 10.7. The summed E-state index contributed by atoms with van der Waals surface area (Å²) < 4.78 is 36.1. The van der Waals surface area contributed by atoms with Crippen LogP contribution in [0.2, 0.25) is 0 Å². The lowest BCUT2D eigenvalue weighted by molar-refractivity contribution is -0.130. The summed E-state index contributed by atoms with van der Waals surface area (Å²) in [6.45, 7) is 14.1. The van der Waals surface area contributed by atoms with E-state index in [0.717, 1.165) is 58.7 Å². The van der Waals surface area contributed by atoms with Gasteiger partial charge in [0, 0.05) is 70.5 Å². The van der Waals surface area contributed by atoms with E-state index in [2.05, 4.69) is 46.5 Å². The zero-order valence-electron chi connectivity index (χ0n) is 25.9. The molecule has 3 fully saturated rings. The second kappa shape index (κ2) is 14.5. The van der Waals surface area contributed by atoms with E-state index in [1.54, 1.807) is 6.08 Å². The largest absolute Gasteiger partial charge is 0.380 e. The molecule has 0 aromatic carbocycles. The number of piperazine rings is 1. The number of amides is 1. The summed E-state index contributed by atoms with van der Waals surface area (Å²) >= 11 is 0. The molecule has 3 saturated heterocycles. The van der Waals surface area contributed by atoms with Crippen molar-refractivity contribution in [1.82, 2.24) is 30.7 Å². The van der Waals surface area contributed by atoms with Crippen molar-refractivity contribution in [3.8, 4) is 0 Å². The highest BCUT2D eigenvalue weighted by Gasteiger charge is 2.44. The van der Waals surface area contributed by atoms with E-state index in [-0.39, 0.29) is 42.3 Å². The molecule has 0 spiro atoms. The maximum absolute atomic E-state index is 15.5. The Labute approximate surface area is 245 Å². The highest BCUT2D eigenvalue weighted by molar-refractivity contribution is 5.80. The van der Waals surface area contributed by atoms with Gasteiger partial charge in [-0.3, -0.25) is 24.8 Å². The summed E-state index contributed by atoms with van der Waals surface area (Å²) in [6.07, 6.45) is 3.30. The van der Waals surface area contributed by atoms with Gasteiger partial charge in [-0.25, -0.2) is 8.78 Å². The van der Waals surface area contributed by atoms with Crippen LogP contribution >= 0.6 is 0 Å². The van der Waals surface area contributed by atoms with E-state index in [0.29, 0.717) is 19.0 Å². The number of rotatable bonds is 7. The van der Waals surface area contributed by atoms with E-state index >= 15 is 4.39 Å². The van der Waals surface area contributed by atoms with E-state index in [4.69, 9.17) is 10.5 Å². The van der Waals surface area contributed by atoms with Crippen LogP contribution in [0, 0.1) is 11.3 Å². The molecule has 0 radical (unpaired) electrons. The first-order chi connectivity index (χ1) is 19.6. The molecule has 0 aromatic heterocycles. The monoisotopic (exact) mass is 583 g/mol. The molecular weight excluding hydrogens is 528 g/mol. The number of nitrogens with two attached hydrogens (primary N) is 1.